The molecule has 158 valence electrons. The lowest BCUT2D eigenvalue weighted by Crippen LogP contribution is -2.39. The highest BCUT2D eigenvalue weighted by Crippen LogP contribution is 2.29. The highest BCUT2D eigenvalue weighted by molar-refractivity contribution is 7.13. The van der Waals surface area contributed by atoms with Crippen molar-refractivity contribution in [1.29, 1.82) is 0 Å². The summed E-state index contributed by atoms with van der Waals surface area (Å²) in [5.74, 6) is 2.27. The van der Waals surface area contributed by atoms with Gasteiger partial charge in [-0.2, -0.15) is 0 Å². The third-order valence-electron chi connectivity index (χ3n) is 5.77. The molecule has 0 N–H and O–H groups in total. The molecule has 4 heterocycles. The van der Waals surface area contributed by atoms with E-state index in [1.165, 1.54) is 0 Å². The van der Waals surface area contributed by atoms with Gasteiger partial charge in [0.15, 0.2) is 5.65 Å². The lowest BCUT2D eigenvalue weighted by molar-refractivity contribution is -0.131. The summed E-state index contributed by atoms with van der Waals surface area (Å²) in [6.07, 6.45) is 4.14. The van der Waals surface area contributed by atoms with Crippen LogP contribution >= 0.6 is 11.3 Å². The second-order valence-electron chi connectivity index (χ2n) is 7.69. The molecule has 0 saturated carbocycles. The first-order valence-corrected chi connectivity index (χ1v) is 11.3. The average molecular weight is 434 g/mol. The molecule has 1 aromatic carbocycles. The third kappa shape index (κ3) is 4.03. The molecule has 0 bridgehead atoms. The monoisotopic (exact) mass is 433 g/mol. The van der Waals surface area contributed by atoms with Gasteiger partial charge in [0.1, 0.15) is 16.6 Å². The van der Waals surface area contributed by atoms with Gasteiger partial charge >= 0.3 is 0 Å². The first kappa shape index (κ1) is 19.7. The van der Waals surface area contributed by atoms with Crippen molar-refractivity contribution in [1.82, 2.24) is 24.5 Å². The van der Waals surface area contributed by atoms with Crippen LogP contribution in [0.5, 0.6) is 5.75 Å². The van der Waals surface area contributed by atoms with Crippen molar-refractivity contribution >= 4 is 22.9 Å². The van der Waals surface area contributed by atoms with Crippen LogP contribution < -0.4 is 4.74 Å². The van der Waals surface area contributed by atoms with E-state index in [2.05, 4.69) is 19.6 Å². The molecule has 0 radical (unpaired) electrons. The Balaban J connectivity index is 1.20. The minimum Gasteiger partial charge on any atom is -0.497 e. The Morgan fingerprint density at radius 1 is 1.13 bits per heavy atom. The Bertz CT molecular complexity index is 1190. The number of piperidine rings is 1. The van der Waals surface area contributed by atoms with Gasteiger partial charge in [-0.15, -0.1) is 21.5 Å². The minimum atomic E-state index is 0.135. The van der Waals surface area contributed by atoms with Crippen LogP contribution in [0.4, 0.5) is 0 Å². The number of carbonyl (C=O) groups is 1. The number of carbonyl (C=O) groups excluding carboxylic acids is 1. The largest absolute Gasteiger partial charge is 0.497 e. The molecule has 5 rings (SSSR count). The van der Waals surface area contributed by atoms with E-state index in [-0.39, 0.29) is 5.91 Å². The van der Waals surface area contributed by atoms with Crippen molar-refractivity contribution < 1.29 is 9.53 Å². The summed E-state index contributed by atoms with van der Waals surface area (Å²) in [6, 6.07) is 13.7. The number of methoxy groups -OCH3 is 1. The fourth-order valence-corrected chi connectivity index (χ4v) is 4.87. The number of ether oxygens (including phenoxy) is 1. The van der Waals surface area contributed by atoms with Gasteiger partial charge in [0.25, 0.3) is 0 Å². The first-order valence-electron chi connectivity index (χ1n) is 10.4. The number of aromatic nitrogens is 4. The number of hydrogen-bond acceptors (Lipinski definition) is 6. The van der Waals surface area contributed by atoms with E-state index in [1.807, 2.05) is 58.9 Å². The van der Waals surface area contributed by atoms with E-state index in [4.69, 9.17) is 4.74 Å². The molecule has 0 spiro atoms. The number of benzene rings is 1. The zero-order valence-electron chi connectivity index (χ0n) is 17.3. The summed E-state index contributed by atoms with van der Waals surface area (Å²) in [5.41, 5.74) is 2.73. The van der Waals surface area contributed by atoms with Crippen LogP contribution in [0.1, 0.15) is 30.3 Å². The lowest BCUT2D eigenvalue weighted by Gasteiger charge is -2.31. The quantitative estimate of drug-likeness (QED) is 0.479. The van der Waals surface area contributed by atoms with E-state index < -0.39 is 0 Å². The predicted octanol–water partition coefficient (Wildman–Crippen LogP) is 3.81. The smallest absolute Gasteiger partial charge is 0.228 e. The summed E-state index contributed by atoms with van der Waals surface area (Å²) < 4.78 is 7.26. The molecule has 1 fully saturated rings. The number of fused-ring (bicyclic) bond motifs is 1. The molecule has 1 aliphatic rings. The Labute approximate surface area is 184 Å². The minimum absolute atomic E-state index is 0.135. The molecule has 7 nitrogen and oxygen atoms in total. The van der Waals surface area contributed by atoms with Crippen molar-refractivity contribution in [3.8, 4) is 16.3 Å². The molecule has 4 aromatic rings. The Morgan fingerprint density at radius 2 is 1.94 bits per heavy atom. The van der Waals surface area contributed by atoms with Crippen molar-refractivity contribution in [2.24, 2.45) is 0 Å². The molecular weight excluding hydrogens is 410 g/mol. The van der Waals surface area contributed by atoms with E-state index in [0.717, 1.165) is 59.4 Å². The van der Waals surface area contributed by atoms with Gasteiger partial charge in [-0.1, -0.05) is 6.07 Å². The summed E-state index contributed by atoms with van der Waals surface area (Å²) in [4.78, 5) is 19.5. The number of thiazole rings is 1. The molecule has 1 amide bonds. The van der Waals surface area contributed by atoms with Gasteiger partial charge in [-0.05, 0) is 49.2 Å². The normalized spacial score (nSPS) is 14.8. The fourth-order valence-electron chi connectivity index (χ4n) is 4.05. The predicted molar refractivity (Wildman–Crippen MR) is 119 cm³/mol. The third-order valence-corrected chi connectivity index (χ3v) is 6.71. The molecule has 0 aliphatic carbocycles. The van der Waals surface area contributed by atoms with Crippen LogP contribution in [0, 0.1) is 0 Å². The first-order chi connectivity index (χ1) is 15.2. The van der Waals surface area contributed by atoms with Gasteiger partial charge in [0.2, 0.25) is 5.91 Å². The van der Waals surface area contributed by atoms with Gasteiger partial charge in [0.05, 0.1) is 19.2 Å². The van der Waals surface area contributed by atoms with Crippen molar-refractivity contribution in [2.45, 2.75) is 25.2 Å². The van der Waals surface area contributed by atoms with E-state index in [0.29, 0.717) is 12.3 Å². The van der Waals surface area contributed by atoms with Crippen LogP contribution in [0.2, 0.25) is 0 Å². The molecule has 0 atom stereocenters. The van der Waals surface area contributed by atoms with Crippen LogP contribution in [-0.2, 0) is 11.2 Å². The van der Waals surface area contributed by atoms with E-state index in [9.17, 15) is 4.79 Å². The summed E-state index contributed by atoms with van der Waals surface area (Å²) >= 11 is 1.56. The van der Waals surface area contributed by atoms with Crippen LogP contribution in [0.3, 0.4) is 0 Å². The van der Waals surface area contributed by atoms with Crippen molar-refractivity contribution in [2.75, 3.05) is 20.2 Å². The second kappa shape index (κ2) is 8.47. The second-order valence-corrected chi connectivity index (χ2v) is 8.55. The standard InChI is InChI=1S/C23H23N5O2S/c1-30-19-7-5-17(6-8-19)23-24-18(15-31-23)14-21(29)27-12-9-16(10-13-27)22-26-25-20-4-2-3-11-28(20)22/h2-8,11,15-16H,9-10,12-14H2,1H3. The molecule has 8 heteroatoms. The number of likely N-dealkylation sites (tertiary alicyclic amines) is 1. The zero-order valence-corrected chi connectivity index (χ0v) is 18.1. The van der Waals surface area contributed by atoms with Gasteiger partial charge in [-0.25, -0.2) is 4.98 Å². The van der Waals surface area contributed by atoms with Crippen LogP contribution in [0.15, 0.2) is 54.0 Å². The summed E-state index contributed by atoms with van der Waals surface area (Å²) in [5, 5.41) is 11.5. The highest BCUT2D eigenvalue weighted by Gasteiger charge is 2.27. The summed E-state index contributed by atoms with van der Waals surface area (Å²) in [7, 11) is 1.65. The van der Waals surface area contributed by atoms with Gasteiger partial charge < -0.3 is 9.64 Å². The maximum atomic E-state index is 12.8. The Kier molecular flexibility index (Phi) is 5.38. The van der Waals surface area contributed by atoms with Crippen LogP contribution in [0.25, 0.3) is 16.2 Å². The number of amides is 1. The number of nitrogens with zero attached hydrogens (tertiary/aromatic N) is 5. The topological polar surface area (TPSA) is 72.6 Å². The Hall–Kier alpha value is -3.26. The zero-order chi connectivity index (χ0) is 21.2. The maximum absolute atomic E-state index is 12.8. The average Bonchev–Trinajstić information content (AvgIpc) is 3.46. The molecule has 31 heavy (non-hydrogen) atoms. The lowest BCUT2D eigenvalue weighted by atomic mass is 9.95. The number of rotatable bonds is 5. The summed E-state index contributed by atoms with van der Waals surface area (Å²) in [6.45, 7) is 1.47. The molecule has 1 aliphatic heterocycles. The van der Waals surface area contributed by atoms with Crippen molar-refractivity contribution in [3.63, 3.8) is 0 Å². The molecule has 0 unspecified atom stereocenters. The molecular formula is C23H23N5O2S. The van der Waals surface area contributed by atoms with E-state index in [1.54, 1.807) is 18.4 Å². The van der Waals surface area contributed by atoms with Crippen LogP contribution in [-0.4, -0.2) is 50.6 Å². The van der Waals surface area contributed by atoms with Gasteiger partial charge in [0, 0.05) is 36.1 Å². The van der Waals surface area contributed by atoms with Crippen molar-refractivity contribution in [3.05, 3.63) is 65.6 Å². The molecule has 1 saturated heterocycles. The molecule has 3 aromatic heterocycles. The maximum Gasteiger partial charge on any atom is 0.228 e. The number of pyridine rings is 1. The highest BCUT2D eigenvalue weighted by atomic mass is 32.1. The number of hydrogen-bond donors (Lipinski definition) is 0. The van der Waals surface area contributed by atoms with E-state index >= 15 is 0 Å². The fraction of sp³-hybridized carbons (Fsp3) is 0.304. The van der Waals surface area contributed by atoms with Gasteiger partial charge in [-0.3, -0.25) is 9.20 Å². The SMILES string of the molecule is COc1ccc(-c2nc(CC(=O)N3CCC(c4nnc5ccccn45)CC3)cs2)cc1. The Morgan fingerprint density at radius 3 is 2.71 bits per heavy atom.